The van der Waals surface area contributed by atoms with Crippen LogP contribution in [0.5, 0.6) is 5.75 Å². The molecular formula is C47H31BrN4O2. The van der Waals surface area contributed by atoms with E-state index in [4.69, 9.17) is 14.7 Å². The maximum absolute atomic E-state index is 13.2. The Kier molecular flexibility index (Phi) is 8.75. The third-order valence-electron chi connectivity index (χ3n) is 9.40. The summed E-state index contributed by atoms with van der Waals surface area (Å²) in [5.74, 6) is -0.0445. The first-order valence-electron chi connectivity index (χ1n) is 17.6. The number of nitrogens with one attached hydrogen (secondary N) is 2. The molecular weight excluding hydrogens is 732 g/mol. The molecule has 6 nitrogen and oxygen atoms in total. The van der Waals surface area contributed by atoms with E-state index in [1.54, 1.807) is 18.2 Å². The zero-order chi connectivity index (χ0) is 36.4. The summed E-state index contributed by atoms with van der Waals surface area (Å²) in [4.78, 5) is 31.1. The fourth-order valence-electron chi connectivity index (χ4n) is 6.93. The monoisotopic (exact) mass is 762 g/mol. The number of rotatable bonds is 6. The van der Waals surface area contributed by atoms with Gasteiger partial charge in [0.05, 0.1) is 22.8 Å². The minimum atomic E-state index is -0.499. The Morgan fingerprint density at radius 1 is 0.500 bits per heavy atom. The molecule has 0 unspecified atom stereocenters. The quantitative estimate of drug-likeness (QED) is 0.100. The molecule has 4 aromatic carbocycles. The van der Waals surface area contributed by atoms with Crippen LogP contribution in [-0.2, 0) is 4.79 Å². The van der Waals surface area contributed by atoms with Crippen LogP contribution in [-0.4, -0.2) is 25.9 Å². The van der Waals surface area contributed by atoms with Crippen LogP contribution in [0.25, 0.3) is 85.8 Å². The van der Waals surface area contributed by atoms with Crippen molar-refractivity contribution in [3.63, 3.8) is 0 Å². The highest BCUT2D eigenvalue weighted by Gasteiger charge is 2.18. The Labute approximate surface area is 320 Å². The average molecular weight is 764 g/mol. The number of carbonyl (C=O) groups is 1. The lowest BCUT2D eigenvalue weighted by Gasteiger charge is -2.06. The van der Waals surface area contributed by atoms with Gasteiger partial charge >= 0.3 is 5.97 Å². The number of aromatic amines is 2. The number of ether oxygens (including phenoxy) is 1. The lowest BCUT2D eigenvalue weighted by atomic mass is 10.0. The Hall–Kier alpha value is -6.83. The number of carbonyl (C=O) groups excluding carboxylic acids is 1. The van der Waals surface area contributed by atoms with Crippen LogP contribution in [0.15, 0.2) is 150 Å². The molecule has 7 aromatic rings. The molecule has 7 heteroatoms. The van der Waals surface area contributed by atoms with Crippen molar-refractivity contribution in [2.24, 2.45) is 0 Å². The van der Waals surface area contributed by atoms with Gasteiger partial charge in [-0.2, -0.15) is 0 Å². The first-order valence-corrected chi connectivity index (χ1v) is 18.3. The summed E-state index contributed by atoms with van der Waals surface area (Å²) in [6, 6.07) is 46.4. The molecule has 3 aromatic heterocycles. The molecule has 0 saturated heterocycles. The van der Waals surface area contributed by atoms with Crippen molar-refractivity contribution in [3.05, 3.63) is 178 Å². The van der Waals surface area contributed by atoms with Crippen LogP contribution in [0.4, 0.5) is 0 Å². The van der Waals surface area contributed by atoms with Crippen molar-refractivity contribution >= 4 is 74.3 Å². The largest absolute Gasteiger partial charge is 0.423 e. The Balaban J connectivity index is 1.36. The first-order chi connectivity index (χ1) is 26.6. The van der Waals surface area contributed by atoms with Crippen LogP contribution < -0.4 is 4.74 Å². The minimum absolute atomic E-state index is 0.454. The third-order valence-corrected chi connectivity index (χ3v) is 9.93. The Bertz CT molecular complexity index is 2760. The summed E-state index contributed by atoms with van der Waals surface area (Å²) in [6.45, 7) is 0. The van der Waals surface area contributed by atoms with E-state index in [1.807, 2.05) is 72.8 Å². The van der Waals surface area contributed by atoms with Gasteiger partial charge in [-0.3, -0.25) is 0 Å². The number of H-pyrrole nitrogens is 2. The summed E-state index contributed by atoms with van der Waals surface area (Å²) in [7, 11) is 0. The van der Waals surface area contributed by atoms with Crippen LogP contribution in [0, 0.1) is 0 Å². The molecule has 2 aliphatic heterocycles. The van der Waals surface area contributed by atoms with E-state index in [0.29, 0.717) is 11.4 Å². The van der Waals surface area contributed by atoms with Crippen molar-refractivity contribution in [1.82, 2.24) is 19.9 Å². The molecule has 0 saturated carbocycles. The Morgan fingerprint density at radius 3 is 1.39 bits per heavy atom. The lowest BCUT2D eigenvalue weighted by molar-refractivity contribution is -0.128. The number of halogens is 1. The standard InChI is InChI=1S/C47H31BrN4O2/c48-33-16-18-34(19-17-33)54-44(53)29-20-35-36-21-23-38(49-36)45(30-10-4-1-5-11-30)40-25-27-42(51-40)47(32-14-8-3-9-15-32)43-28-26-41(52-43)46(31-12-6-2-7-13-31)39-24-22-37(35)50-39/h1-29,49,52H/b29-20+,36-35?,37-35?,45-38?,45-40?,46-39?,46-41?,47-42?,47-43?. The van der Waals surface area contributed by atoms with Gasteiger partial charge in [-0.15, -0.1) is 0 Å². The summed E-state index contributed by atoms with van der Waals surface area (Å²) in [6.07, 6.45) is 11.4. The van der Waals surface area contributed by atoms with Gasteiger partial charge in [-0.05, 0) is 95.6 Å². The predicted octanol–water partition coefficient (Wildman–Crippen LogP) is 12.0. The molecule has 8 bridgehead atoms. The van der Waals surface area contributed by atoms with Gasteiger partial charge in [0.15, 0.2) is 0 Å². The molecule has 0 spiro atoms. The van der Waals surface area contributed by atoms with E-state index < -0.39 is 5.97 Å². The number of esters is 1. The molecule has 2 N–H and O–H groups in total. The van der Waals surface area contributed by atoms with Crippen molar-refractivity contribution in [2.45, 2.75) is 0 Å². The second-order valence-corrected chi connectivity index (χ2v) is 13.8. The highest BCUT2D eigenvalue weighted by atomic mass is 79.9. The molecule has 5 heterocycles. The molecule has 54 heavy (non-hydrogen) atoms. The molecule has 0 aliphatic carbocycles. The highest BCUT2D eigenvalue weighted by Crippen LogP contribution is 2.36. The topological polar surface area (TPSA) is 83.7 Å². The zero-order valence-corrected chi connectivity index (χ0v) is 30.4. The number of fused-ring (bicyclic) bond motifs is 8. The second-order valence-electron chi connectivity index (χ2n) is 12.8. The number of aromatic nitrogens is 4. The van der Waals surface area contributed by atoms with Crippen molar-refractivity contribution < 1.29 is 9.53 Å². The van der Waals surface area contributed by atoms with E-state index in [2.05, 4.69) is 105 Å². The lowest BCUT2D eigenvalue weighted by Crippen LogP contribution is -2.03. The summed E-state index contributed by atoms with van der Waals surface area (Å²) < 4.78 is 6.54. The highest BCUT2D eigenvalue weighted by molar-refractivity contribution is 9.10. The molecule has 0 atom stereocenters. The molecule has 258 valence electrons. The maximum Gasteiger partial charge on any atom is 0.336 e. The normalized spacial score (nSPS) is 12.0. The van der Waals surface area contributed by atoms with E-state index in [9.17, 15) is 4.79 Å². The van der Waals surface area contributed by atoms with Crippen LogP contribution in [0.1, 0.15) is 28.3 Å². The van der Waals surface area contributed by atoms with E-state index in [0.717, 1.165) is 82.6 Å². The van der Waals surface area contributed by atoms with Gasteiger partial charge in [-0.1, -0.05) is 107 Å². The number of benzene rings is 4. The number of hydrogen-bond donors (Lipinski definition) is 2. The van der Waals surface area contributed by atoms with E-state index in [1.165, 1.54) is 6.08 Å². The molecule has 2 aliphatic rings. The van der Waals surface area contributed by atoms with Gasteiger partial charge in [0.25, 0.3) is 0 Å². The summed E-state index contributed by atoms with van der Waals surface area (Å²) >= 11 is 3.43. The van der Waals surface area contributed by atoms with Crippen LogP contribution >= 0.6 is 15.9 Å². The first kappa shape index (κ1) is 33.0. The van der Waals surface area contributed by atoms with Gasteiger partial charge in [0.2, 0.25) is 0 Å². The molecule has 0 amide bonds. The van der Waals surface area contributed by atoms with Gasteiger partial charge < -0.3 is 14.7 Å². The fourth-order valence-corrected chi connectivity index (χ4v) is 7.20. The van der Waals surface area contributed by atoms with E-state index in [-0.39, 0.29) is 0 Å². The summed E-state index contributed by atoms with van der Waals surface area (Å²) in [5, 5.41) is 0. The third kappa shape index (κ3) is 6.53. The molecule has 9 rings (SSSR count). The number of nitrogens with zero attached hydrogens (tertiary/aromatic N) is 2. The van der Waals surface area contributed by atoms with Crippen molar-refractivity contribution in [1.29, 1.82) is 0 Å². The second kappa shape index (κ2) is 14.3. The minimum Gasteiger partial charge on any atom is -0.423 e. The fraction of sp³-hybridized carbons (Fsp3) is 0. The average Bonchev–Trinajstić information content (AvgIpc) is 4.05. The van der Waals surface area contributed by atoms with Crippen molar-refractivity contribution in [3.8, 4) is 39.1 Å². The molecule has 0 radical (unpaired) electrons. The van der Waals surface area contributed by atoms with Crippen LogP contribution in [0.2, 0.25) is 0 Å². The van der Waals surface area contributed by atoms with E-state index >= 15 is 0 Å². The van der Waals surface area contributed by atoms with Gasteiger partial charge in [-0.25, -0.2) is 14.8 Å². The van der Waals surface area contributed by atoms with Crippen molar-refractivity contribution in [2.75, 3.05) is 0 Å². The SMILES string of the molecule is O=C(/C=C/c1c2nc(c(-c3ccccc3)c3ccc([nH]3)c(-c3ccccc3)c3nc(c(-c4ccccc4)c4ccc1[nH]4)C=C3)C=C2)Oc1ccc(Br)cc1. The summed E-state index contributed by atoms with van der Waals surface area (Å²) in [5.41, 5.74) is 13.4. The van der Waals surface area contributed by atoms with Crippen LogP contribution in [0.3, 0.4) is 0 Å². The maximum atomic E-state index is 13.2. The predicted molar refractivity (Wildman–Crippen MR) is 224 cm³/mol. The number of hydrogen-bond acceptors (Lipinski definition) is 4. The Morgan fingerprint density at radius 2 is 0.907 bits per heavy atom. The van der Waals surface area contributed by atoms with Gasteiger partial charge in [0, 0.05) is 54.9 Å². The molecule has 0 fully saturated rings. The smallest absolute Gasteiger partial charge is 0.336 e. The van der Waals surface area contributed by atoms with Gasteiger partial charge in [0.1, 0.15) is 5.75 Å². The zero-order valence-electron chi connectivity index (χ0n) is 28.8.